The summed E-state index contributed by atoms with van der Waals surface area (Å²) in [6.07, 6.45) is 0.618. The number of hydrogen-bond donors (Lipinski definition) is 1. The van der Waals surface area contributed by atoms with E-state index in [-0.39, 0.29) is 5.88 Å². The third-order valence-electron chi connectivity index (χ3n) is 2.60. The second kappa shape index (κ2) is 5.32. The van der Waals surface area contributed by atoms with Crippen LogP contribution in [0, 0.1) is 6.92 Å². The van der Waals surface area contributed by atoms with Gasteiger partial charge in [0.05, 0.1) is 20.4 Å². The van der Waals surface area contributed by atoms with Gasteiger partial charge in [-0.1, -0.05) is 0 Å². The molecule has 1 unspecified atom stereocenters. The second-order valence-corrected chi connectivity index (χ2v) is 4.46. The summed E-state index contributed by atoms with van der Waals surface area (Å²) in [5.41, 5.74) is 2.23. The lowest BCUT2D eigenvalue weighted by Gasteiger charge is -2.13. The summed E-state index contributed by atoms with van der Waals surface area (Å²) in [7, 11) is 2.99. The Labute approximate surface area is 109 Å². The maximum absolute atomic E-state index is 10.3. The number of aliphatic hydroxyl groups excluding tert-OH is 1. The van der Waals surface area contributed by atoms with E-state index in [1.807, 2.05) is 17.7 Å². The van der Waals surface area contributed by atoms with Crippen LogP contribution in [0.25, 0.3) is 0 Å². The first-order valence-corrected chi connectivity index (χ1v) is 6.27. The zero-order chi connectivity index (χ0) is 13.1. The van der Waals surface area contributed by atoms with E-state index in [4.69, 9.17) is 9.47 Å². The van der Waals surface area contributed by atoms with Gasteiger partial charge in [-0.05, 0) is 23.2 Å². The van der Waals surface area contributed by atoms with Crippen molar-refractivity contribution in [3.05, 3.63) is 33.8 Å². The zero-order valence-electron chi connectivity index (χ0n) is 10.4. The van der Waals surface area contributed by atoms with Crippen LogP contribution in [0.1, 0.15) is 22.9 Å². The molecule has 0 bridgehead atoms. The van der Waals surface area contributed by atoms with Gasteiger partial charge in [0.15, 0.2) is 0 Å². The third kappa shape index (κ3) is 2.30. The Bertz CT molecular complexity index is 542. The Kier molecular flexibility index (Phi) is 3.78. The molecule has 18 heavy (non-hydrogen) atoms. The molecule has 0 saturated carbocycles. The van der Waals surface area contributed by atoms with E-state index in [0.717, 1.165) is 11.1 Å². The van der Waals surface area contributed by atoms with Gasteiger partial charge >= 0.3 is 0 Å². The Balaban J connectivity index is 2.41. The van der Waals surface area contributed by atoms with Crippen molar-refractivity contribution in [2.45, 2.75) is 13.0 Å². The van der Waals surface area contributed by atoms with Crippen molar-refractivity contribution in [2.24, 2.45) is 0 Å². The molecule has 0 spiro atoms. The molecule has 6 heteroatoms. The lowest BCUT2D eigenvalue weighted by atomic mass is 10.1. The Hall–Kier alpha value is -1.66. The fourth-order valence-corrected chi connectivity index (χ4v) is 2.47. The van der Waals surface area contributed by atoms with Gasteiger partial charge < -0.3 is 14.6 Å². The number of ether oxygens (including phenoxy) is 2. The van der Waals surface area contributed by atoms with Crippen molar-refractivity contribution in [3.63, 3.8) is 0 Å². The maximum Gasteiger partial charge on any atom is 0.241 e. The van der Waals surface area contributed by atoms with Crippen LogP contribution < -0.4 is 9.47 Å². The van der Waals surface area contributed by atoms with Gasteiger partial charge in [-0.3, -0.25) is 0 Å². The molecule has 2 aromatic heterocycles. The lowest BCUT2D eigenvalue weighted by molar-refractivity contribution is 0.206. The minimum absolute atomic E-state index is 0.271. The van der Waals surface area contributed by atoms with E-state index in [2.05, 4.69) is 9.97 Å². The van der Waals surface area contributed by atoms with Crippen LogP contribution in [0.15, 0.2) is 17.0 Å². The summed E-state index contributed by atoms with van der Waals surface area (Å²) in [5, 5.41) is 14.2. The van der Waals surface area contributed by atoms with Crippen LogP contribution >= 0.6 is 11.3 Å². The molecule has 0 saturated heterocycles. The van der Waals surface area contributed by atoms with Crippen molar-refractivity contribution in [1.29, 1.82) is 0 Å². The average Bonchev–Trinajstić information content (AvgIpc) is 2.83. The fourth-order valence-electron chi connectivity index (χ4n) is 1.60. The number of thiophene rings is 1. The standard InChI is InChI=1S/C12H14N2O3S/c1-7-5-18-6-8(7)11(15)10-12(17-3)14-9(16-2)4-13-10/h4-6,11,15H,1-3H3. The first-order chi connectivity index (χ1) is 8.67. The number of methoxy groups -OCH3 is 2. The van der Waals surface area contributed by atoms with Gasteiger partial charge in [-0.15, -0.1) is 0 Å². The molecule has 0 radical (unpaired) electrons. The highest BCUT2D eigenvalue weighted by molar-refractivity contribution is 7.08. The summed E-state index contributed by atoms with van der Waals surface area (Å²) in [4.78, 5) is 8.27. The minimum Gasteiger partial charge on any atom is -0.480 e. The van der Waals surface area contributed by atoms with Gasteiger partial charge in [0, 0.05) is 5.56 Å². The van der Waals surface area contributed by atoms with Gasteiger partial charge in [0.2, 0.25) is 11.8 Å². The Morgan fingerprint density at radius 1 is 1.28 bits per heavy atom. The van der Waals surface area contributed by atoms with Crippen LogP contribution in [0.4, 0.5) is 0 Å². The van der Waals surface area contributed by atoms with Crippen molar-refractivity contribution in [1.82, 2.24) is 9.97 Å². The number of hydrogen-bond acceptors (Lipinski definition) is 6. The zero-order valence-corrected chi connectivity index (χ0v) is 11.2. The van der Waals surface area contributed by atoms with Gasteiger partial charge in [0.1, 0.15) is 11.8 Å². The monoisotopic (exact) mass is 266 g/mol. The van der Waals surface area contributed by atoms with Crippen molar-refractivity contribution < 1.29 is 14.6 Å². The molecule has 0 aliphatic rings. The first-order valence-electron chi connectivity index (χ1n) is 5.33. The SMILES string of the molecule is COc1cnc(C(O)c2cscc2C)c(OC)n1. The molecule has 2 aromatic rings. The number of aryl methyl sites for hydroxylation is 1. The van der Waals surface area contributed by atoms with Crippen molar-refractivity contribution >= 4 is 11.3 Å². The molecule has 0 fully saturated rings. The second-order valence-electron chi connectivity index (χ2n) is 3.72. The molecule has 96 valence electrons. The van der Waals surface area contributed by atoms with E-state index < -0.39 is 6.10 Å². The Morgan fingerprint density at radius 3 is 2.61 bits per heavy atom. The fraction of sp³-hybridized carbons (Fsp3) is 0.333. The molecule has 5 nitrogen and oxygen atoms in total. The number of aliphatic hydroxyl groups is 1. The first kappa shape index (κ1) is 12.8. The van der Waals surface area contributed by atoms with Crippen LogP contribution in [0.2, 0.25) is 0 Å². The van der Waals surface area contributed by atoms with E-state index in [1.54, 1.807) is 0 Å². The van der Waals surface area contributed by atoms with Gasteiger partial charge in [-0.2, -0.15) is 16.3 Å². The quantitative estimate of drug-likeness (QED) is 0.916. The van der Waals surface area contributed by atoms with E-state index in [9.17, 15) is 5.11 Å². The maximum atomic E-state index is 10.3. The molecule has 0 amide bonds. The summed E-state index contributed by atoms with van der Waals surface area (Å²) in [5.74, 6) is 0.622. The van der Waals surface area contributed by atoms with Crippen LogP contribution in [0.5, 0.6) is 11.8 Å². The smallest absolute Gasteiger partial charge is 0.241 e. The summed E-state index contributed by atoms with van der Waals surface area (Å²) < 4.78 is 10.1. The topological polar surface area (TPSA) is 64.5 Å². The molecule has 1 N–H and O–H groups in total. The number of rotatable bonds is 4. The molecule has 0 aliphatic carbocycles. The highest BCUT2D eigenvalue weighted by atomic mass is 32.1. The summed E-state index contributed by atoms with van der Waals surface area (Å²) in [6, 6.07) is 0. The van der Waals surface area contributed by atoms with E-state index in [1.165, 1.54) is 31.8 Å². The predicted molar refractivity (Wildman–Crippen MR) is 68.3 cm³/mol. The lowest BCUT2D eigenvalue weighted by Crippen LogP contribution is -2.07. The summed E-state index contributed by atoms with van der Waals surface area (Å²) >= 11 is 1.54. The minimum atomic E-state index is -0.843. The molecular weight excluding hydrogens is 252 g/mol. The van der Waals surface area contributed by atoms with E-state index in [0.29, 0.717) is 11.6 Å². The third-order valence-corrected chi connectivity index (χ3v) is 3.48. The normalized spacial score (nSPS) is 12.2. The van der Waals surface area contributed by atoms with Crippen LogP contribution in [-0.2, 0) is 0 Å². The van der Waals surface area contributed by atoms with Gasteiger partial charge in [-0.25, -0.2) is 4.98 Å². The molecule has 0 aromatic carbocycles. The molecule has 2 heterocycles. The highest BCUT2D eigenvalue weighted by Gasteiger charge is 2.21. The van der Waals surface area contributed by atoms with Crippen LogP contribution in [-0.4, -0.2) is 29.3 Å². The molecule has 0 aliphatic heterocycles. The molecule has 2 rings (SSSR count). The van der Waals surface area contributed by atoms with Gasteiger partial charge in [0.25, 0.3) is 0 Å². The Morgan fingerprint density at radius 2 is 2.06 bits per heavy atom. The summed E-state index contributed by atoms with van der Waals surface area (Å²) in [6.45, 7) is 1.94. The van der Waals surface area contributed by atoms with Crippen molar-refractivity contribution in [3.8, 4) is 11.8 Å². The highest BCUT2D eigenvalue weighted by Crippen LogP contribution is 2.31. The van der Waals surface area contributed by atoms with E-state index >= 15 is 0 Å². The average molecular weight is 266 g/mol. The predicted octanol–water partition coefficient (Wildman–Crippen LogP) is 1.95. The van der Waals surface area contributed by atoms with Crippen molar-refractivity contribution in [2.75, 3.05) is 14.2 Å². The van der Waals surface area contributed by atoms with Crippen LogP contribution in [0.3, 0.4) is 0 Å². The number of aromatic nitrogens is 2. The number of nitrogens with zero attached hydrogens (tertiary/aromatic N) is 2. The largest absolute Gasteiger partial charge is 0.480 e. The molecular formula is C12H14N2O3S. The molecule has 1 atom stereocenters.